The van der Waals surface area contributed by atoms with Crippen molar-refractivity contribution in [2.45, 2.75) is 37.9 Å². The first-order valence-electron chi connectivity index (χ1n) is 5.59. The zero-order valence-corrected chi connectivity index (χ0v) is 9.80. The number of hydrogen-bond acceptors (Lipinski definition) is 2. The first-order chi connectivity index (χ1) is 7.66. The van der Waals surface area contributed by atoms with Crippen LogP contribution < -0.4 is 11.1 Å². The molecule has 4 heteroatoms. The van der Waals surface area contributed by atoms with Crippen LogP contribution in [0.25, 0.3) is 0 Å². The Hall–Kier alpha value is -0.640. The zero-order chi connectivity index (χ0) is 11.5. The van der Waals surface area contributed by atoms with Crippen molar-refractivity contribution in [2.75, 3.05) is 0 Å². The smallest absolute Gasteiger partial charge is 0.141 e. The van der Waals surface area contributed by atoms with E-state index in [2.05, 4.69) is 5.32 Å². The van der Waals surface area contributed by atoms with Gasteiger partial charge in [0.05, 0.1) is 5.02 Å². The maximum absolute atomic E-state index is 12.9. The van der Waals surface area contributed by atoms with E-state index in [-0.39, 0.29) is 16.9 Å². The molecule has 88 valence electrons. The Balaban J connectivity index is 1.91. The van der Waals surface area contributed by atoms with Gasteiger partial charge in [-0.15, -0.1) is 0 Å². The molecule has 1 aliphatic rings. The van der Waals surface area contributed by atoms with Crippen molar-refractivity contribution in [3.8, 4) is 0 Å². The molecule has 3 N–H and O–H groups in total. The molecule has 1 aliphatic carbocycles. The minimum absolute atomic E-state index is 0.176. The van der Waals surface area contributed by atoms with Gasteiger partial charge in [0, 0.05) is 18.6 Å². The van der Waals surface area contributed by atoms with Gasteiger partial charge in [0.15, 0.2) is 0 Å². The molecule has 0 amide bonds. The second kappa shape index (κ2) is 5.13. The predicted molar refractivity (Wildman–Crippen MR) is 63.9 cm³/mol. The fraction of sp³-hybridized carbons (Fsp3) is 0.500. The summed E-state index contributed by atoms with van der Waals surface area (Å²) >= 11 is 5.71. The average molecular weight is 243 g/mol. The molecular weight excluding hydrogens is 227 g/mol. The summed E-state index contributed by atoms with van der Waals surface area (Å²) < 4.78 is 12.9. The summed E-state index contributed by atoms with van der Waals surface area (Å²) in [6.45, 7) is 0.693. The van der Waals surface area contributed by atoms with E-state index in [4.69, 9.17) is 17.3 Å². The largest absolute Gasteiger partial charge is 0.326 e. The first-order valence-corrected chi connectivity index (χ1v) is 5.97. The molecule has 1 saturated carbocycles. The normalized spacial score (nSPS) is 24.9. The second-order valence-electron chi connectivity index (χ2n) is 4.33. The number of rotatable bonds is 3. The number of benzene rings is 1. The van der Waals surface area contributed by atoms with E-state index >= 15 is 0 Å². The molecule has 0 saturated heterocycles. The van der Waals surface area contributed by atoms with E-state index in [0.29, 0.717) is 12.6 Å². The van der Waals surface area contributed by atoms with Crippen LogP contribution >= 0.6 is 11.6 Å². The zero-order valence-electron chi connectivity index (χ0n) is 9.05. The van der Waals surface area contributed by atoms with Gasteiger partial charge in [-0.2, -0.15) is 0 Å². The molecule has 2 rings (SSSR count). The third-order valence-electron chi connectivity index (χ3n) is 3.12. The number of nitrogens with two attached hydrogens (primary N) is 1. The summed E-state index contributed by atoms with van der Waals surface area (Å²) in [5, 5.41) is 3.56. The van der Waals surface area contributed by atoms with Gasteiger partial charge in [0.1, 0.15) is 5.82 Å². The van der Waals surface area contributed by atoms with Gasteiger partial charge < -0.3 is 11.1 Å². The van der Waals surface area contributed by atoms with Crippen LogP contribution in [-0.2, 0) is 6.54 Å². The summed E-state index contributed by atoms with van der Waals surface area (Å²) in [5.41, 5.74) is 6.94. The Labute approximate surface area is 100.0 Å². The molecule has 1 aromatic carbocycles. The molecule has 0 radical (unpaired) electrons. The molecule has 1 aromatic rings. The van der Waals surface area contributed by atoms with Crippen LogP contribution in [0.2, 0.25) is 5.02 Å². The van der Waals surface area contributed by atoms with Gasteiger partial charge in [-0.3, -0.25) is 0 Å². The third-order valence-corrected chi connectivity index (χ3v) is 3.41. The standard InChI is InChI=1S/C12H16ClFN2/c13-9-6-8(4-5-10(9)14)7-16-12-3-1-2-11(12)15/h4-6,11-12,16H,1-3,7,15H2. The second-order valence-corrected chi connectivity index (χ2v) is 4.74. The highest BCUT2D eigenvalue weighted by atomic mass is 35.5. The molecular formula is C12H16ClFN2. The van der Waals surface area contributed by atoms with E-state index in [9.17, 15) is 4.39 Å². The monoisotopic (exact) mass is 242 g/mol. The van der Waals surface area contributed by atoms with Crippen molar-refractivity contribution < 1.29 is 4.39 Å². The highest BCUT2D eigenvalue weighted by Crippen LogP contribution is 2.19. The van der Waals surface area contributed by atoms with E-state index in [1.54, 1.807) is 12.1 Å². The van der Waals surface area contributed by atoms with Crippen molar-refractivity contribution >= 4 is 11.6 Å². The lowest BCUT2D eigenvalue weighted by molar-refractivity contribution is 0.475. The van der Waals surface area contributed by atoms with E-state index < -0.39 is 0 Å². The van der Waals surface area contributed by atoms with Crippen LogP contribution in [0.5, 0.6) is 0 Å². The molecule has 2 atom stereocenters. The summed E-state index contributed by atoms with van der Waals surface area (Å²) in [6.07, 6.45) is 3.39. The van der Waals surface area contributed by atoms with Crippen LogP contribution in [0, 0.1) is 5.82 Å². The van der Waals surface area contributed by atoms with Crippen molar-refractivity contribution in [1.29, 1.82) is 0 Å². The quantitative estimate of drug-likeness (QED) is 0.855. The molecule has 0 heterocycles. The minimum atomic E-state index is -0.372. The maximum atomic E-state index is 12.9. The van der Waals surface area contributed by atoms with E-state index in [1.807, 2.05) is 0 Å². The molecule has 0 spiro atoms. The number of halogens is 2. The Morgan fingerprint density at radius 1 is 1.44 bits per heavy atom. The lowest BCUT2D eigenvalue weighted by Crippen LogP contribution is -2.40. The van der Waals surface area contributed by atoms with Crippen LogP contribution in [-0.4, -0.2) is 12.1 Å². The molecule has 0 aliphatic heterocycles. The Morgan fingerprint density at radius 3 is 2.88 bits per heavy atom. The van der Waals surface area contributed by atoms with Gasteiger partial charge in [-0.1, -0.05) is 24.1 Å². The summed E-state index contributed by atoms with van der Waals surface area (Å²) in [5.74, 6) is -0.372. The molecule has 0 bridgehead atoms. The van der Waals surface area contributed by atoms with Crippen LogP contribution in [0.1, 0.15) is 24.8 Å². The van der Waals surface area contributed by atoms with Gasteiger partial charge in [-0.25, -0.2) is 4.39 Å². The number of hydrogen-bond donors (Lipinski definition) is 2. The molecule has 1 fully saturated rings. The number of nitrogens with one attached hydrogen (secondary N) is 1. The summed E-state index contributed by atoms with van der Waals surface area (Å²) in [7, 11) is 0. The highest BCUT2D eigenvalue weighted by molar-refractivity contribution is 6.30. The lowest BCUT2D eigenvalue weighted by Gasteiger charge is -2.17. The fourth-order valence-corrected chi connectivity index (χ4v) is 2.34. The van der Waals surface area contributed by atoms with Gasteiger partial charge in [0.2, 0.25) is 0 Å². The maximum Gasteiger partial charge on any atom is 0.141 e. The van der Waals surface area contributed by atoms with Crippen molar-refractivity contribution in [3.63, 3.8) is 0 Å². The summed E-state index contributed by atoms with van der Waals surface area (Å²) in [4.78, 5) is 0. The van der Waals surface area contributed by atoms with E-state index in [0.717, 1.165) is 18.4 Å². The van der Waals surface area contributed by atoms with Crippen LogP contribution in [0.4, 0.5) is 4.39 Å². The lowest BCUT2D eigenvalue weighted by atomic mass is 10.1. The first kappa shape index (κ1) is 11.8. The highest BCUT2D eigenvalue weighted by Gasteiger charge is 2.22. The SMILES string of the molecule is NC1CCCC1NCc1ccc(F)c(Cl)c1. The van der Waals surface area contributed by atoms with Gasteiger partial charge >= 0.3 is 0 Å². The van der Waals surface area contributed by atoms with Crippen LogP contribution in [0.3, 0.4) is 0 Å². The van der Waals surface area contributed by atoms with Crippen LogP contribution in [0.15, 0.2) is 18.2 Å². The Kier molecular flexibility index (Phi) is 3.79. The van der Waals surface area contributed by atoms with Crippen molar-refractivity contribution in [1.82, 2.24) is 5.32 Å². The predicted octanol–water partition coefficient (Wildman–Crippen LogP) is 2.45. The molecule has 16 heavy (non-hydrogen) atoms. The summed E-state index contributed by atoms with van der Waals surface area (Å²) in [6, 6.07) is 5.42. The molecule has 2 nitrogen and oxygen atoms in total. The fourth-order valence-electron chi connectivity index (χ4n) is 2.14. The topological polar surface area (TPSA) is 38.0 Å². The Bertz CT molecular complexity index is 370. The average Bonchev–Trinajstić information content (AvgIpc) is 2.66. The van der Waals surface area contributed by atoms with Crippen molar-refractivity contribution in [2.24, 2.45) is 5.73 Å². The molecule has 0 aromatic heterocycles. The van der Waals surface area contributed by atoms with Gasteiger partial charge in [0.25, 0.3) is 0 Å². The third kappa shape index (κ3) is 2.73. The Morgan fingerprint density at radius 2 is 2.25 bits per heavy atom. The van der Waals surface area contributed by atoms with Gasteiger partial charge in [-0.05, 0) is 30.5 Å². The molecule has 2 unspecified atom stereocenters. The van der Waals surface area contributed by atoms with Crippen molar-refractivity contribution in [3.05, 3.63) is 34.6 Å². The minimum Gasteiger partial charge on any atom is -0.326 e. The van der Waals surface area contributed by atoms with E-state index in [1.165, 1.54) is 12.5 Å².